The van der Waals surface area contributed by atoms with Crippen LogP contribution >= 0.6 is 0 Å². The summed E-state index contributed by atoms with van der Waals surface area (Å²) >= 11 is 0. The molecule has 2 heterocycles. The molecule has 2 aromatic heterocycles. The van der Waals surface area contributed by atoms with Crippen LogP contribution in [0, 0.1) is 12.7 Å². The molecule has 19 heavy (non-hydrogen) atoms. The number of hydrogen-bond donors (Lipinski definition) is 1. The molecule has 0 aliphatic heterocycles. The van der Waals surface area contributed by atoms with E-state index >= 15 is 0 Å². The lowest BCUT2D eigenvalue weighted by Gasteiger charge is -1.98. The van der Waals surface area contributed by atoms with Gasteiger partial charge in [-0.15, -0.1) is 0 Å². The molecular weight excluding hydrogens is 243 g/mol. The molecule has 3 rings (SSSR count). The van der Waals surface area contributed by atoms with Crippen molar-refractivity contribution in [1.82, 2.24) is 9.97 Å². The fraction of sp³-hybridized carbons (Fsp3) is 0.0667. The molecule has 1 N–H and O–H groups in total. The molecule has 0 bridgehead atoms. The molecule has 0 amide bonds. The lowest BCUT2D eigenvalue weighted by molar-refractivity contribution is 0.112. The van der Waals surface area contributed by atoms with Gasteiger partial charge in [0.15, 0.2) is 6.29 Å². The number of carbonyl (C=O) groups is 1. The van der Waals surface area contributed by atoms with E-state index in [9.17, 15) is 9.18 Å². The molecule has 94 valence electrons. The predicted molar refractivity (Wildman–Crippen MR) is 71.6 cm³/mol. The minimum Gasteiger partial charge on any atom is -0.354 e. The Morgan fingerprint density at radius 2 is 1.95 bits per heavy atom. The molecule has 0 spiro atoms. The molecule has 0 aliphatic rings. The van der Waals surface area contributed by atoms with Crippen LogP contribution in [0.3, 0.4) is 0 Å². The Balaban J connectivity index is 2.42. The Morgan fingerprint density at radius 3 is 2.63 bits per heavy atom. The van der Waals surface area contributed by atoms with Crippen LogP contribution in [0.15, 0.2) is 36.7 Å². The first kappa shape index (κ1) is 11.6. The number of aromatic nitrogens is 2. The van der Waals surface area contributed by atoms with Gasteiger partial charge in [-0.1, -0.05) is 6.07 Å². The number of halogens is 1. The normalized spacial score (nSPS) is 10.8. The van der Waals surface area contributed by atoms with Gasteiger partial charge in [0.05, 0.1) is 16.8 Å². The number of nitrogens with zero attached hydrogens (tertiary/aromatic N) is 1. The molecule has 3 nitrogen and oxygen atoms in total. The van der Waals surface area contributed by atoms with Gasteiger partial charge in [-0.05, 0) is 30.7 Å². The summed E-state index contributed by atoms with van der Waals surface area (Å²) in [7, 11) is 0. The zero-order valence-corrected chi connectivity index (χ0v) is 10.3. The molecule has 0 radical (unpaired) electrons. The van der Waals surface area contributed by atoms with Crippen LogP contribution in [0.5, 0.6) is 0 Å². The van der Waals surface area contributed by atoms with Crippen LogP contribution in [0.4, 0.5) is 4.39 Å². The number of aldehydes is 1. The second kappa shape index (κ2) is 4.31. The lowest BCUT2D eigenvalue weighted by Crippen LogP contribution is -1.86. The average molecular weight is 254 g/mol. The standard InChI is InChI=1S/C15H11FN2O/c1-9-2-3-12(16)13-11(8-19)15(18-14(9)13)10-4-6-17-7-5-10/h2-8,18H,1H3. The van der Waals surface area contributed by atoms with Crippen molar-refractivity contribution in [3.05, 3.63) is 53.6 Å². The van der Waals surface area contributed by atoms with Gasteiger partial charge in [-0.2, -0.15) is 0 Å². The highest BCUT2D eigenvalue weighted by Crippen LogP contribution is 2.32. The largest absolute Gasteiger partial charge is 0.354 e. The van der Waals surface area contributed by atoms with E-state index in [-0.39, 0.29) is 5.82 Å². The van der Waals surface area contributed by atoms with Crippen molar-refractivity contribution in [3.8, 4) is 11.3 Å². The maximum atomic E-state index is 14.0. The van der Waals surface area contributed by atoms with E-state index in [4.69, 9.17) is 0 Å². The van der Waals surface area contributed by atoms with Gasteiger partial charge >= 0.3 is 0 Å². The smallest absolute Gasteiger partial charge is 0.152 e. The summed E-state index contributed by atoms with van der Waals surface area (Å²) < 4.78 is 14.0. The number of rotatable bonds is 2. The Hall–Kier alpha value is -2.49. The highest BCUT2D eigenvalue weighted by molar-refractivity contribution is 6.05. The maximum Gasteiger partial charge on any atom is 0.152 e. The van der Waals surface area contributed by atoms with Gasteiger partial charge in [0.1, 0.15) is 5.82 Å². The van der Waals surface area contributed by atoms with Gasteiger partial charge in [-0.25, -0.2) is 4.39 Å². The van der Waals surface area contributed by atoms with Crippen LogP contribution in [0.25, 0.3) is 22.2 Å². The van der Waals surface area contributed by atoms with Crippen molar-refractivity contribution < 1.29 is 9.18 Å². The SMILES string of the molecule is Cc1ccc(F)c2c(C=O)c(-c3ccncc3)[nH]c12. The summed E-state index contributed by atoms with van der Waals surface area (Å²) in [6.45, 7) is 1.88. The monoisotopic (exact) mass is 254 g/mol. The van der Waals surface area contributed by atoms with Crippen LogP contribution < -0.4 is 0 Å². The van der Waals surface area contributed by atoms with Crippen LogP contribution in [0.2, 0.25) is 0 Å². The number of carbonyl (C=O) groups excluding carboxylic acids is 1. The third-order valence-electron chi connectivity index (χ3n) is 3.24. The highest BCUT2D eigenvalue weighted by atomic mass is 19.1. The van der Waals surface area contributed by atoms with E-state index in [1.165, 1.54) is 6.07 Å². The minimum absolute atomic E-state index is 0.349. The van der Waals surface area contributed by atoms with Crippen LogP contribution in [0.1, 0.15) is 15.9 Å². The third kappa shape index (κ3) is 1.73. The number of aryl methyl sites for hydroxylation is 1. The number of aromatic amines is 1. The molecule has 4 heteroatoms. The van der Waals surface area contributed by atoms with E-state index in [0.717, 1.165) is 11.1 Å². The zero-order valence-electron chi connectivity index (χ0n) is 10.3. The topological polar surface area (TPSA) is 45.8 Å². The molecular formula is C15H11FN2O. The zero-order chi connectivity index (χ0) is 13.4. The Morgan fingerprint density at radius 1 is 1.21 bits per heavy atom. The quantitative estimate of drug-likeness (QED) is 0.711. The molecule has 3 aromatic rings. The van der Waals surface area contributed by atoms with Crippen molar-refractivity contribution >= 4 is 17.2 Å². The van der Waals surface area contributed by atoms with E-state index in [1.807, 2.05) is 6.92 Å². The number of benzene rings is 1. The van der Waals surface area contributed by atoms with Crippen molar-refractivity contribution in [2.24, 2.45) is 0 Å². The first-order valence-electron chi connectivity index (χ1n) is 5.88. The second-order valence-corrected chi connectivity index (χ2v) is 4.38. The maximum absolute atomic E-state index is 14.0. The van der Waals surface area contributed by atoms with Gasteiger partial charge in [0.25, 0.3) is 0 Å². The Bertz CT molecular complexity index is 763. The summed E-state index contributed by atoms with van der Waals surface area (Å²) in [6, 6.07) is 6.64. The number of hydrogen-bond acceptors (Lipinski definition) is 2. The van der Waals surface area contributed by atoms with E-state index < -0.39 is 0 Å². The Labute approximate surface area is 109 Å². The number of fused-ring (bicyclic) bond motifs is 1. The summed E-state index contributed by atoms with van der Waals surface area (Å²) in [4.78, 5) is 18.4. The fourth-order valence-corrected chi connectivity index (χ4v) is 2.29. The third-order valence-corrected chi connectivity index (χ3v) is 3.24. The van der Waals surface area contributed by atoms with Gasteiger partial charge in [-0.3, -0.25) is 9.78 Å². The van der Waals surface area contributed by atoms with E-state index in [1.54, 1.807) is 30.6 Å². The Kier molecular flexibility index (Phi) is 2.63. The van der Waals surface area contributed by atoms with Crippen molar-refractivity contribution in [1.29, 1.82) is 0 Å². The molecule has 1 aromatic carbocycles. The molecule has 0 fully saturated rings. The molecule has 0 aliphatic carbocycles. The van der Waals surface area contributed by atoms with E-state index in [2.05, 4.69) is 9.97 Å². The van der Waals surface area contributed by atoms with Gasteiger partial charge in [0, 0.05) is 23.3 Å². The lowest BCUT2D eigenvalue weighted by atomic mass is 10.1. The van der Waals surface area contributed by atoms with Gasteiger partial charge in [0.2, 0.25) is 0 Å². The number of nitrogens with one attached hydrogen (secondary N) is 1. The predicted octanol–water partition coefficient (Wildman–Crippen LogP) is 3.49. The fourth-order valence-electron chi connectivity index (χ4n) is 2.29. The summed E-state index contributed by atoms with van der Waals surface area (Å²) in [5.74, 6) is -0.390. The van der Waals surface area contributed by atoms with Crippen molar-refractivity contribution in [2.75, 3.05) is 0 Å². The first-order valence-corrected chi connectivity index (χ1v) is 5.88. The second-order valence-electron chi connectivity index (χ2n) is 4.38. The first-order chi connectivity index (χ1) is 9.22. The summed E-state index contributed by atoms with van der Waals surface area (Å²) in [6.07, 6.45) is 3.97. The molecule has 0 atom stereocenters. The van der Waals surface area contributed by atoms with Crippen molar-refractivity contribution in [2.45, 2.75) is 6.92 Å². The van der Waals surface area contributed by atoms with Crippen LogP contribution in [-0.2, 0) is 0 Å². The van der Waals surface area contributed by atoms with Crippen molar-refractivity contribution in [3.63, 3.8) is 0 Å². The van der Waals surface area contributed by atoms with E-state index in [0.29, 0.717) is 28.4 Å². The molecule has 0 unspecified atom stereocenters. The molecule has 0 saturated carbocycles. The summed E-state index contributed by atoms with van der Waals surface area (Å²) in [5, 5.41) is 0.349. The average Bonchev–Trinajstić information content (AvgIpc) is 2.84. The highest BCUT2D eigenvalue weighted by Gasteiger charge is 2.16. The number of H-pyrrole nitrogens is 1. The van der Waals surface area contributed by atoms with Gasteiger partial charge < -0.3 is 4.98 Å². The minimum atomic E-state index is -0.390. The van der Waals surface area contributed by atoms with Crippen LogP contribution in [-0.4, -0.2) is 16.3 Å². The summed E-state index contributed by atoms with van der Waals surface area (Å²) in [5.41, 5.74) is 3.35. The number of pyridine rings is 1. The molecule has 0 saturated heterocycles.